The summed E-state index contributed by atoms with van der Waals surface area (Å²) < 4.78 is 163. The Bertz CT molecular complexity index is 3680. The molecule has 12 rings (SSSR count). The topological polar surface area (TPSA) is 232 Å². The van der Waals surface area contributed by atoms with Gasteiger partial charge in [0, 0.05) is 152 Å². The standard InChI is InChI=1S/C66H92F6N12O10S4/c1-97(89,90)81-25-17-54-50(41-81)59(74-83(54)40-49(85)39-77-23-15-48(16-24-77)79-27-32-93-33-28-79)46-10-12-53(66(70,71)72)58(38-46)96-62(63(87)73-47-7-3-4-8-47)61(56(86)43-78-21-13-44(14-22-78)64(88)80-29-34-94-35-30-80)84-55-18-26-82(98(2,91)92)42-51(55)60(75-84)45-9-11-52(65(67,68)69)57(37-45)95-36-31-76-19-5-6-20-76/h9-12,37-38,44,47-49,56,61-62,85-86H,3-8,13-36,39-43H2,1-2H3,(H,73,87). The summed E-state index contributed by atoms with van der Waals surface area (Å²) in [6.45, 7) is 8.90. The highest BCUT2D eigenvalue weighted by Gasteiger charge is 2.46. The number of fused-ring (bicyclic) bond motifs is 2. The largest absolute Gasteiger partial charge is 0.417 e. The fraction of sp³-hybridized carbons (Fsp3) is 0.697. The molecule has 0 bridgehead atoms. The smallest absolute Gasteiger partial charge is 0.390 e. The number of ether oxygens (including phenoxy) is 2. The molecule has 1 aliphatic carbocycles. The molecule has 22 nitrogen and oxygen atoms in total. The molecule has 7 aliphatic heterocycles. The molecule has 0 spiro atoms. The number of aliphatic hydroxyl groups is 2. The van der Waals surface area contributed by atoms with Crippen molar-refractivity contribution in [3.63, 3.8) is 0 Å². The van der Waals surface area contributed by atoms with Crippen molar-refractivity contribution >= 4 is 55.4 Å². The molecule has 5 saturated heterocycles. The summed E-state index contributed by atoms with van der Waals surface area (Å²) in [5, 5.41) is 36.8. The molecule has 4 aromatic rings. The normalized spacial score (nSPS) is 22.3. The van der Waals surface area contributed by atoms with Crippen LogP contribution in [0.3, 0.4) is 0 Å². The Morgan fingerprint density at radius 1 is 0.633 bits per heavy atom. The van der Waals surface area contributed by atoms with E-state index in [2.05, 4.69) is 20.0 Å². The molecule has 8 aliphatic rings. The Morgan fingerprint density at radius 2 is 1.17 bits per heavy atom. The molecule has 98 heavy (non-hydrogen) atoms. The fourth-order valence-electron chi connectivity index (χ4n) is 15.6. The summed E-state index contributed by atoms with van der Waals surface area (Å²) in [5.41, 5.74) is 0.244. The summed E-state index contributed by atoms with van der Waals surface area (Å²) in [5.74, 6) is -0.740. The third-order valence-corrected chi connectivity index (χ3v) is 25.8. The number of carbonyl (C=O) groups excluding carboxylic acids is 2. The van der Waals surface area contributed by atoms with Crippen LogP contribution < -0.4 is 5.32 Å². The van der Waals surface area contributed by atoms with E-state index in [0.29, 0.717) is 132 Å². The number of benzene rings is 2. The van der Waals surface area contributed by atoms with Crippen molar-refractivity contribution in [3.8, 4) is 22.5 Å². The number of rotatable bonds is 23. The lowest BCUT2D eigenvalue weighted by Crippen LogP contribution is -2.51. The average molecular weight is 1460 g/mol. The summed E-state index contributed by atoms with van der Waals surface area (Å²) in [6, 6.07) is 5.50. The highest BCUT2D eigenvalue weighted by molar-refractivity contribution is 8.00. The number of likely N-dealkylation sites (tertiary alicyclic amines) is 3. The van der Waals surface area contributed by atoms with Crippen LogP contribution in [0.1, 0.15) is 104 Å². The zero-order chi connectivity index (χ0) is 69.3. The van der Waals surface area contributed by atoms with Crippen molar-refractivity contribution in [2.45, 2.75) is 154 Å². The summed E-state index contributed by atoms with van der Waals surface area (Å²) in [4.78, 5) is 39.7. The number of aliphatic hydroxyl groups excluding tert-OH is 2. The van der Waals surface area contributed by atoms with Gasteiger partial charge in [0.1, 0.15) is 11.3 Å². The van der Waals surface area contributed by atoms with Crippen LogP contribution in [0.2, 0.25) is 0 Å². The number of thioether (sulfide) groups is 2. The van der Waals surface area contributed by atoms with Gasteiger partial charge in [-0.15, -0.1) is 23.5 Å². The number of hydrogen-bond acceptors (Lipinski definition) is 18. The predicted molar refractivity (Wildman–Crippen MR) is 359 cm³/mol. The van der Waals surface area contributed by atoms with Crippen LogP contribution in [0.5, 0.6) is 0 Å². The number of carbonyl (C=O) groups is 2. The number of sulfonamides is 2. The van der Waals surface area contributed by atoms with Crippen LogP contribution in [-0.2, 0) is 83.9 Å². The quantitative estimate of drug-likeness (QED) is 0.0561. The molecule has 0 radical (unpaired) electrons. The van der Waals surface area contributed by atoms with Gasteiger partial charge in [-0.2, -0.15) is 45.2 Å². The number of nitrogens with zero attached hydrogens (tertiary/aromatic N) is 11. The number of nitrogens with one attached hydrogen (secondary N) is 1. The SMILES string of the molecule is CS(=O)(=O)N1CCc2c(c(-c3ccc(C(F)(F)F)c(SC(C(=O)NC4CCCC4)C(C(O)CN4CCC(C(=O)N5CCOCC5)CC4)n4nc(-c5ccc(C(F)(F)F)c(SCCN6CCCC6)c5)c5c4CCN(S(C)(=O)=O)C5)c3)nn2CC(O)CN2CCC(N3CCOCC3)CC2)C1. The minimum atomic E-state index is -5.04. The zero-order valence-corrected chi connectivity index (χ0v) is 59.0. The monoisotopic (exact) mass is 1450 g/mol. The van der Waals surface area contributed by atoms with Gasteiger partial charge in [0.2, 0.25) is 31.9 Å². The van der Waals surface area contributed by atoms with Crippen molar-refractivity contribution < 1.29 is 72.5 Å². The number of halogens is 6. The molecule has 2 amide bonds. The lowest BCUT2D eigenvalue weighted by Gasteiger charge is -2.40. The number of β-amino-alcohol motifs (C(OH)–C–C–N with tert-alkyl or cyclic N) is 2. The molecule has 2 aromatic heterocycles. The molecule has 32 heteroatoms. The van der Waals surface area contributed by atoms with Gasteiger partial charge in [-0.05, 0) is 115 Å². The predicted octanol–water partition coefficient (Wildman–Crippen LogP) is 6.12. The first-order valence-corrected chi connectivity index (χ1v) is 40.1. The van der Waals surface area contributed by atoms with E-state index in [0.717, 1.165) is 114 Å². The van der Waals surface area contributed by atoms with Crippen molar-refractivity contribution in [3.05, 3.63) is 70.0 Å². The molecule has 4 atom stereocenters. The lowest BCUT2D eigenvalue weighted by molar-refractivity contribution is -0.141. The van der Waals surface area contributed by atoms with E-state index in [-0.39, 0.29) is 96.9 Å². The van der Waals surface area contributed by atoms with Gasteiger partial charge in [0.25, 0.3) is 0 Å². The molecule has 4 unspecified atom stereocenters. The maximum atomic E-state index is 16.0. The van der Waals surface area contributed by atoms with Gasteiger partial charge < -0.3 is 44.6 Å². The highest BCUT2D eigenvalue weighted by atomic mass is 32.2. The molecule has 3 N–H and O–H groups in total. The third kappa shape index (κ3) is 17.4. The molecule has 9 heterocycles. The second kappa shape index (κ2) is 31.3. The minimum Gasteiger partial charge on any atom is -0.390 e. The second-order valence-corrected chi connectivity index (χ2v) is 33.9. The van der Waals surface area contributed by atoms with Gasteiger partial charge in [-0.25, -0.2) is 16.8 Å². The zero-order valence-electron chi connectivity index (χ0n) is 55.7. The fourth-order valence-corrected chi connectivity index (χ4v) is 19.7. The second-order valence-electron chi connectivity index (χ2n) is 27.6. The van der Waals surface area contributed by atoms with E-state index in [1.165, 1.54) is 37.6 Å². The van der Waals surface area contributed by atoms with Gasteiger partial charge in [0.15, 0.2) is 0 Å². The van der Waals surface area contributed by atoms with Crippen LogP contribution in [-0.4, -0.2) is 264 Å². The Hall–Kier alpha value is -4.42. The van der Waals surface area contributed by atoms with Gasteiger partial charge >= 0.3 is 12.4 Å². The van der Waals surface area contributed by atoms with Crippen LogP contribution in [0.15, 0.2) is 46.2 Å². The van der Waals surface area contributed by atoms with Crippen molar-refractivity contribution in [2.24, 2.45) is 5.92 Å². The Kier molecular flexibility index (Phi) is 23.4. The Morgan fingerprint density at radius 3 is 1.78 bits per heavy atom. The molecule has 2 aromatic carbocycles. The number of amides is 2. The summed E-state index contributed by atoms with van der Waals surface area (Å²) in [6.07, 6.45) is -2.86. The maximum Gasteiger partial charge on any atom is 0.417 e. The van der Waals surface area contributed by atoms with Crippen LogP contribution in [0.4, 0.5) is 26.3 Å². The molecule has 542 valence electrons. The van der Waals surface area contributed by atoms with Gasteiger partial charge in [-0.1, -0.05) is 25.0 Å². The average Bonchev–Trinajstić information content (AvgIpc) is 1.58. The molecule has 1 saturated carbocycles. The first-order valence-electron chi connectivity index (χ1n) is 34.6. The van der Waals surface area contributed by atoms with E-state index in [9.17, 15) is 45.0 Å². The lowest BCUT2D eigenvalue weighted by atomic mass is 9.94. The minimum absolute atomic E-state index is 0.00116. The van der Waals surface area contributed by atoms with E-state index in [4.69, 9.17) is 19.7 Å². The van der Waals surface area contributed by atoms with E-state index in [1.807, 2.05) is 4.90 Å². The summed E-state index contributed by atoms with van der Waals surface area (Å²) in [7, 11) is -7.74. The third-order valence-electron chi connectivity index (χ3n) is 20.9. The number of aromatic nitrogens is 4. The first-order chi connectivity index (χ1) is 46.7. The number of alkyl halides is 6. The Labute approximate surface area is 578 Å². The van der Waals surface area contributed by atoms with Gasteiger partial charge in [-0.3, -0.25) is 23.9 Å². The van der Waals surface area contributed by atoms with Crippen molar-refractivity contribution in [1.29, 1.82) is 0 Å². The Balaban J connectivity index is 0.948. The first kappa shape index (κ1) is 73.3. The van der Waals surface area contributed by atoms with Crippen LogP contribution in [0.25, 0.3) is 22.5 Å². The number of morpholine rings is 2. The van der Waals surface area contributed by atoms with Gasteiger partial charge in [0.05, 0.1) is 80.2 Å². The van der Waals surface area contributed by atoms with E-state index < -0.39 is 83.9 Å². The van der Waals surface area contributed by atoms with E-state index >= 15 is 18.0 Å². The molecular weight excluding hydrogens is 1360 g/mol. The maximum absolute atomic E-state index is 16.0. The summed E-state index contributed by atoms with van der Waals surface area (Å²) >= 11 is 1.60. The van der Waals surface area contributed by atoms with Crippen LogP contribution in [0, 0.1) is 5.92 Å². The van der Waals surface area contributed by atoms with E-state index in [1.54, 1.807) is 9.58 Å². The number of hydrogen-bond donors (Lipinski definition) is 3. The highest BCUT2D eigenvalue weighted by Crippen LogP contribution is 2.47. The molecule has 6 fully saturated rings. The number of piperidine rings is 2. The van der Waals surface area contributed by atoms with Crippen molar-refractivity contribution in [1.82, 2.24) is 58.0 Å². The molecular formula is C66H92F6N12O10S4. The van der Waals surface area contributed by atoms with Crippen LogP contribution >= 0.6 is 23.5 Å². The van der Waals surface area contributed by atoms with Crippen molar-refractivity contribution in [2.75, 3.05) is 143 Å².